The van der Waals surface area contributed by atoms with Gasteiger partial charge in [-0.25, -0.2) is 0 Å². The van der Waals surface area contributed by atoms with E-state index in [2.05, 4.69) is 26.9 Å². The van der Waals surface area contributed by atoms with Crippen LogP contribution in [0.25, 0.3) is 0 Å². The van der Waals surface area contributed by atoms with E-state index in [0.29, 0.717) is 6.04 Å². The predicted molar refractivity (Wildman–Crippen MR) is 77.3 cm³/mol. The number of rotatable bonds is 3. The Balaban J connectivity index is 1.32. The fourth-order valence-corrected chi connectivity index (χ4v) is 4.08. The van der Waals surface area contributed by atoms with Crippen LogP contribution in [0.4, 0.5) is 0 Å². The fraction of sp³-hybridized carbons (Fsp3) is 0.688. The van der Waals surface area contributed by atoms with Gasteiger partial charge in [0.25, 0.3) is 0 Å². The number of fused-ring (bicyclic) bond motifs is 1. The summed E-state index contributed by atoms with van der Waals surface area (Å²) >= 11 is 0. The molecule has 0 N–H and O–H groups in total. The van der Waals surface area contributed by atoms with Crippen molar-refractivity contribution in [3.63, 3.8) is 0 Å². The van der Waals surface area contributed by atoms with E-state index < -0.39 is 0 Å². The van der Waals surface area contributed by atoms with Crippen LogP contribution in [0.5, 0.6) is 0 Å². The molecule has 3 fully saturated rings. The molecular weight excluding hydrogens is 250 g/mol. The summed E-state index contributed by atoms with van der Waals surface area (Å²) in [4.78, 5) is 9.71. The third kappa shape index (κ3) is 2.48. The Labute approximate surface area is 120 Å². The topological polar surface area (TPSA) is 28.6 Å². The number of ether oxygens (including phenoxy) is 1. The molecule has 0 spiro atoms. The van der Waals surface area contributed by atoms with Crippen LogP contribution >= 0.6 is 0 Å². The highest BCUT2D eigenvalue weighted by molar-refractivity contribution is 5.05. The Morgan fingerprint density at radius 2 is 2.00 bits per heavy atom. The fourth-order valence-electron chi connectivity index (χ4n) is 4.08. The number of likely N-dealkylation sites (tertiary alicyclic amines) is 2. The summed E-state index contributed by atoms with van der Waals surface area (Å²) in [7, 11) is 0. The van der Waals surface area contributed by atoms with Crippen LogP contribution in [0.3, 0.4) is 0 Å². The van der Waals surface area contributed by atoms with Crippen molar-refractivity contribution in [2.24, 2.45) is 11.8 Å². The minimum Gasteiger partial charge on any atom is -0.380 e. The summed E-state index contributed by atoms with van der Waals surface area (Å²) in [6.07, 6.45) is 3.13. The lowest BCUT2D eigenvalue weighted by Crippen LogP contribution is -2.36. The second-order valence-corrected chi connectivity index (χ2v) is 6.51. The van der Waals surface area contributed by atoms with Gasteiger partial charge in [0, 0.05) is 51.6 Å². The summed E-state index contributed by atoms with van der Waals surface area (Å²) < 4.78 is 5.53. The molecule has 1 aromatic rings. The van der Waals surface area contributed by atoms with Crippen LogP contribution in [0.15, 0.2) is 24.4 Å². The molecule has 0 amide bonds. The van der Waals surface area contributed by atoms with E-state index in [1.54, 1.807) is 0 Å². The van der Waals surface area contributed by atoms with Gasteiger partial charge in [-0.15, -0.1) is 0 Å². The van der Waals surface area contributed by atoms with Crippen molar-refractivity contribution in [2.45, 2.75) is 19.0 Å². The zero-order chi connectivity index (χ0) is 13.4. The lowest BCUT2D eigenvalue weighted by molar-refractivity contribution is 0.149. The molecule has 0 radical (unpaired) electrons. The SMILES string of the molecule is c1ccc(CN2C[C@@H]3CN([C@H]4CCOC4)C[C@@H]3C2)nc1. The molecule has 0 aromatic carbocycles. The first-order valence-electron chi connectivity index (χ1n) is 7.82. The van der Waals surface area contributed by atoms with Crippen molar-refractivity contribution in [1.29, 1.82) is 0 Å². The van der Waals surface area contributed by atoms with Gasteiger partial charge >= 0.3 is 0 Å². The Bertz CT molecular complexity index is 432. The quantitative estimate of drug-likeness (QED) is 0.828. The minimum absolute atomic E-state index is 0.699. The molecule has 4 rings (SSSR count). The predicted octanol–water partition coefficient (Wildman–Crippen LogP) is 1.23. The molecule has 0 bridgehead atoms. The summed E-state index contributed by atoms with van der Waals surface area (Å²) in [5.41, 5.74) is 1.20. The van der Waals surface area contributed by atoms with Crippen LogP contribution in [0.2, 0.25) is 0 Å². The number of hydrogen-bond acceptors (Lipinski definition) is 4. The largest absolute Gasteiger partial charge is 0.380 e. The van der Waals surface area contributed by atoms with Crippen LogP contribution < -0.4 is 0 Å². The number of nitrogens with zero attached hydrogens (tertiary/aromatic N) is 3. The van der Waals surface area contributed by atoms with Crippen molar-refractivity contribution in [3.8, 4) is 0 Å². The molecule has 4 heteroatoms. The van der Waals surface area contributed by atoms with Gasteiger partial charge in [-0.1, -0.05) is 6.07 Å². The van der Waals surface area contributed by atoms with Crippen LogP contribution in [0.1, 0.15) is 12.1 Å². The molecule has 4 heterocycles. The minimum atomic E-state index is 0.699. The van der Waals surface area contributed by atoms with E-state index in [-0.39, 0.29) is 0 Å². The zero-order valence-electron chi connectivity index (χ0n) is 11.9. The van der Waals surface area contributed by atoms with Crippen molar-refractivity contribution in [1.82, 2.24) is 14.8 Å². The lowest BCUT2D eigenvalue weighted by Gasteiger charge is -2.25. The van der Waals surface area contributed by atoms with E-state index >= 15 is 0 Å². The molecule has 0 saturated carbocycles. The average Bonchev–Trinajstić information content (AvgIpc) is 3.13. The second-order valence-electron chi connectivity index (χ2n) is 6.51. The molecule has 3 aliphatic rings. The van der Waals surface area contributed by atoms with Crippen LogP contribution in [-0.4, -0.2) is 60.2 Å². The van der Waals surface area contributed by atoms with Crippen molar-refractivity contribution < 1.29 is 4.74 Å². The van der Waals surface area contributed by atoms with Gasteiger partial charge in [0.05, 0.1) is 12.3 Å². The third-order valence-corrected chi connectivity index (χ3v) is 5.12. The normalized spacial score (nSPS) is 34.7. The third-order valence-electron chi connectivity index (χ3n) is 5.12. The molecule has 1 aromatic heterocycles. The first-order valence-corrected chi connectivity index (χ1v) is 7.82. The van der Waals surface area contributed by atoms with E-state index in [9.17, 15) is 0 Å². The summed E-state index contributed by atoms with van der Waals surface area (Å²) in [5, 5.41) is 0. The zero-order valence-corrected chi connectivity index (χ0v) is 11.9. The molecule has 3 aliphatic heterocycles. The molecule has 108 valence electrons. The molecular formula is C16H23N3O. The number of pyridine rings is 1. The lowest BCUT2D eigenvalue weighted by atomic mass is 10.0. The Morgan fingerprint density at radius 3 is 2.65 bits per heavy atom. The molecule has 0 unspecified atom stereocenters. The number of aromatic nitrogens is 1. The standard InChI is InChI=1S/C16H23N3O/c1-2-5-17-15(3-1)11-18-7-13-9-19(10-14(13)8-18)16-4-6-20-12-16/h1-3,5,13-14,16H,4,6-12H2/t13-,14+,16-/m0/s1. The van der Waals surface area contributed by atoms with E-state index in [4.69, 9.17) is 4.74 Å². The van der Waals surface area contributed by atoms with E-state index in [1.807, 2.05) is 12.3 Å². The average molecular weight is 273 g/mol. The van der Waals surface area contributed by atoms with E-state index in [0.717, 1.165) is 31.6 Å². The number of hydrogen-bond donors (Lipinski definition) is 0. The smallest absolute Gasteiger partial charge is 0.0622 e. The Hall–Kier alpha value is -0.970. The van der Waals surface area contributed by atoms with Gasteiger partial charge in [-0.05, 0) is 30.4 Å². The summed E-state index contributed by atoms with van der Waals surface area (Å²) in [6.45, 7) is 7.96. The first kappa shape index (κ1) is 12.7. The summed E-state index contributed by atoms with van der Waals surface area (Å²) in [6, 6.07) is 6.91. The maximum Gasteiger partial charge on any atom is 0.0622 e. The van der Waals surface area contributed by atoms with Crippen LogP contribution in [-0.2, 0) is 11.3 Å². The van der Waals surface area contributed by atoms with Gasteiger partial charge in [-0.3, -0.25) is 14.8 Å². The molecule has 4 nitrogen and oxygen atoms in total. The highest BCUT2D eigenvalue weighted by atomic mass is 16.5. The van der Waals surface area contributed by atoms with Gasteiger partial charge < -0.3 is 4.74 Å². The van der Waals surface area contributed by atoms with Gasteiger partial charge in [0.2, 0.25) is 0 Å². The van der Waals surface area contributed by atoms with Crippen molar-refractivity contribution in [3.05, 3.63) is 30.1 Å². The maximum absolute atomic E-state index is 5.53. The monoisotopic (exact) mass is 273 g/mol. The molecule has 0 aliphatic carbocycles. The van der Waals surface area contributed by atoms with Gasteiger partial charge in [0.15, 0.2) is 0 Å². The first-order chi connectivity index (χ1) is 9.88. The van der Waals surface area contributed by atoms with E-state index in [1.165, 1.54) is 38.3 Å². The van der Waals surface area contributed by atoms with Gasteiger partial charge in [-0.2, -0.15) is 0 Å². The second kappa shape index (κ2) is 5.43. The van der Waals surface area contributed by atoms with Crippen LogP contribution in [0, 0.1) is 11.8 Å². The highest BCUT2D eigenvalue weighted by Crippen LogP contribution is 2.33. The van der Waals surface area contributed by atoms with Crippen molar-refractivity contribution >= 4 is 0 Å². The Morgan fingerprint density at radius 1 is 1.15 bits per heavy atom. The van der Waals surface area contributed by atoms with Crippen molar-refractivity contribution in [2.75, 3.05) is 39.4 Å². The van der Waals surface area contributed by atoms with Gasteiger partial charge in [0.1, 0.15) is 0 Å². The maximum atomic E-state index is 5.53. The highest BCUT2D eigenvalue weighted by Gasteiger charge is 2.42. The molecule has 3 saturated heterocycles. The molecule has 20 heavy (non-hydrogen) atoms. The summed E-state index contributed by atoms with van der Waals surface area (Å²) in [5.74, 6) is 1.72. The molecule has 3 atom stereocenters. The Kier molecular flexibility index (Phi) is 3.46.